The van der Waals surface area contributed by atoms with Crippen LogP contribution in [0.3, 0.4) is 0 Å². The van der Waals surface area contributed by atoms with Crippen LogP contribution in [0, 0.1) is 0 Å². The molecule has 0 saturated carbocycles. The van der Waals surface area contributed by atoms with Crippen LogP contribution in [0.15, 0.2) is 36.4 Å². The average Bonchev–Trinajstić information content (AvgIpc) is 2.73. The molecule has 0 saturated heterocycles. The lowest BCUT2D eigenvalue weighted by molar-refractivity contribution is -0.141. The molecule has 0 aliphatic rings. The lowest BCUT2D eigenvalue weighted by atomic mass is 10.3. The van der Waals surface area contributed by atoms with E-state index in [0.717, 1.165) is 6.07 Å². The van der Waals surface area contributed by atoms with Crippen molar-refractivity contribution in [3.05, 3.63) is 42.1 Å². The van der Waals surface area contributed by atoms with Crippen molar-refractivity contribution in [1.29, 1.82) is 0 Å². The highest BCUT2D eigenvalue weighted by molar-refractivity contribution is 5.47. The van der Waals surface area contributed by atoms with Gasteiger partial charge in [0.1, 0.15) is 5.82 Å². The molecule has 0 spiro atoms. The van der Waals surface area contributed by atoms with Gasteiger partial charge < -0.3 is 5.32 Å². The number of para-hydroxylation sites is 1. The number of alkyl halides is 3. The van der Waals surface area contributed by atoms with Crippen molar-refractivity contribution in [3.8, 4) is 5.69 Å². The van der Waals surface area contributed by atoms with E-state index >= 15 is 0 Å². The molecule has 1 N–H and O–H groups in total. The van der Waals surface area contributed by atoms with Crippen LogP contribution >= 0.6 is 0 Å². The fourth-order valence-electron chi connectivity index (χ4n) is 1.68. The Balaban J connectivity index is 2.49. The molecule has 0 aliphatic carbocycles. The fraction of sp³-hybridized carbons (Fsp3) is 0.308. The van der Waals surface area contributed by atoms with Gasteiger partial charge in [-0.05, 0) is 26.0 Å². The Morgan fingerprint density at radius 1 is 1.16 bits per heavy atom. The molecule has 1 aromatic carbocycles. The van der Waals surface area contributed by atoms with Crippen molar-refractivity contribution < 1.29 is 13.2 Å². The molecule has 6 heteroatoms. The van der Waals surface area contributed by atoms with Crippen LogP contribution in [0.1, 0.15) is 19.5 Å². The third-order valence-electron chi connectivity index (χ3n) is 2.44. The van der Waals surface area contributed by atoms with Crippen LogP contribution in [-0.4, -0.2) is 15.8 Å². The van der Waals surface area contributed by atoms with Gasteiger partial charge in [-0.25, -0.2) is 4.68 Å². The van der Waals surface area contributed by atoms with Crippen LogP contribution in [0.25, 0.3) is 5.69 Å². The first-order valence-electron chi connectivity index (χ1n) is 5.87. The molecule has 3 nitrogen and oxygen atoms in total. The Labute approximate surface area is 109 Å². The number of anilines is 1. The topological polar surface area (TPSA) is 29.9 Å². The maximum atomic E-state index is 12.7. The number of nitrogens with one attached hydrogen (secondary N) is 1. The van der Waals surface area contributed by atoms with Crippen molar-refractivity contribution in [2.75, 3.05) is 5.32 Å². The zero-order valence-electron chi connectivity index (χ0n) is 10.6. The Morgan fingerprint density at radius 2 is 1.79 bits per heavy atom. The van der Waals surface area contributed by atoms with Gasteiger partial charge in [-0.15, -0.1) is 0 Å². The first-order chi connectivity index (χ1) is 8.88. The molecule has 0 radical (unpaired) electrons. The predicted molar refractivity (Wildman–Crippen MR) is 67.3 cm³/mol. The van der Waals surface area contributed by atoms with E-state index in [1.54, 1.807) is 30.3 Å². The Bertz CT molecular complexity index is 544. The molecule has 0 atom stereocenters. The molecular formula is C13H14F3N3. The maximum absolute atomic E-state index is 12.7. The summed E-state index contributed by atoms with van der Waals surface area (Å²) in [6.07, 6.45) is -4.45. The molecular weight excluding hydrogens is 255 g/mol. The van der Waals surface area contributed by atoms with Crippen LogP contribution in [0.5, 0.6) is 0 Å². The monoisotopic (exact) mass is 269 g/mol. The number of benzene rings is 1. The van der Waals surface area contributed by atoms with Crippen molar-refractivity contribution in [1.82, 2.24) is 9.78 Å². The Hall–Kier alpha value is -1.98. The smallest absolute Gasteiger partial charge is 0.368 e. The van der Waals surface area contributed by atoms with E-state index in [0.29, 0.717) is 11.5 Å². The first-order valence-corrected chi connectivity index (χ1v) is 5.87. The van der Waals surface area contributed by atoms with Crippen molar-refractivity contribution in [3.63, 3.8) is 0 Å². The van der Waals surface area contributed by atoms with E-state index in [4.69, 9.17) is 0 Å². The highest BCUT2D eigenvalue weighted by Crippen LogP contribution is 2.31. The van der Waals surface area contributed by atoms with Gasteiger partial charge in [-0.3, -0.25) is 0 Å². The minimum Gasteiger partial charge on any atom is -0.368 e. The lowest BCUT2D eigenvalue weighted by Gasteiger charge is -2.11. The largest absolute Gasteiger partial charge is 0.435 e. The molecule has 2 aromatic rings. The average molecular weight is 269 g/mol. The van der Waals surface area contributed by atoms with Gasteiger partial charge in [0.05, 0.1) is 5.69 Å². The number of hydrogen-bond acceptors (Lipinski definition) is 2. The van der Waals surface area contributed by atoms with E-state index in [2.05, 4.69) is 10.4 Å². The second-order valence-electron chi connectivity index (χ2n) is 4.46. The second-order valence-corrected chi connectivity index (χ2v) is 4.46. The van der Waals surface area contributed by atoms with Crippen LogP contribution in [0.2, 0.25) is 0 Å². The molecule has 2 rings (SSSR count). The van der Waals surface area contributed by atoms with Crippen molar-refractivity contribution >= 4 is 5.82 Å². The summed E-state index contributed by atoms with van der Waals surface area (Å²) in [6, 6.07) is 9.75. The van der Waals surface area contributed by atoms with Gasteiger partial charge in [0, 0.05) is 12.1 Å². The third-order valence-corrected chi connectivity index (χ3v) is 2.44. The zero-order valence-corrected chi connectivity index (χ0v) is 10.6. The van der Waals surface area contributed by atoms with E-state index < -0.39 is 11.9 Å². The number of nitrogens with zero attached hydrogens (tertiary/aromatic N) is 2. The normalized spacial score (nSPS) is 11.9. The van der Waals surface area contributed by atoms with Crippen LogP contribution in [-0.2, 0) is 6.18 Å². The summed E-state index contributed by atoms with van der Waals surface area (Å²) in [6.45, 7) is 3.71. The van der Waals surface area contributed by atoms with Crippen molar-refractivity contribution in [2.45, 2.75) is 26.1 Å². The highest BCUT2D eigenvalue weighted by Gasteiger charge is 2.35. The Morgan fingerprint density at radius 3 is 2.32 bits per heavy atom. The van der Waals surface area contributed by atoms with E-state index in [9.17, 15) is 13.2 Å². The number of halogens is 3. The summed E-state index contributed by atoms with van der Waals surface area (Å²) in [7, 11) is 0. The SMILES string of the molecule is CC(C)Nc1cc(C(F)(F)F)nn1-c1ccccc1. The molecule has 1 aromatic heterocycles. The molecule has 0 unspecified atom stereocenters. The van der Waals surface area contributed by atoms with E-state index in [-0.39, 0.29) is 6.04 Å². The van der Waals surface area contributed by atoms with Gasteiger partial charge in [-0.2, -0.15) is 18.3 Å². The number of hydrogen-bond donors (Lipinski definition) is 1. The number of aromatic nitrogens is 2. The first kappa shape index (κ1) is 13.5. The molecule has 1 heterocycles. The van der Waals surface area contributed by atoms with Crippen LogP contribution in [0.4, 0.5) is 19.0 Å². The molecule has 0 aliphatic heterocycles. The van der Waals surface area contributed by atoms with Gasteiger partial charge in [0.15, 0.2) is 5.69 Å². The molecule has 0 fully saturated rings. The summed E-state index contributed by atoms with van der Waals surface area (Å²) < 4.78 is 39.5. The van der Waals surface area contributed by atoms with E-state index in [1.807, 2.05) is 13.8 Å². The highest BCUT2D eigenvalue weighted by atomic mass is 19.4. The molecule has 102 valence electrons. The minimum absolute atomic E-state index is 0.0141. The molecule has 0 amide bonds. The van der Waals surface area contributed by atoms with Gasteiger partial charge in [0.25, 0.3) is 0 Å². The summed E-state index contributed by atoms with van der Waals surface area (Å²) in [5, 5.41) is 6.60. The zero-order chi connectivity index (χ0) is 14.0. The standard InChI is InChI=1S/C13H14F3N3/c1-9(2)17-12-8-11(13(14,15)16)18-19(12)10-6-4-3-5-7-10/h3-9,17H,1-2H3. The van der Waals surface area contributed by atoms with E-state index in [1.165, 1.54) is 4.68 Å². The quantitative estimate of drug-likeness (QED) is 0.920. The third kappa shape index (κ3) is 3.07. The number of rotatable bonds is 3. The summed E-state index contributed by atoms with van der Waals surface area (Å²) in [5.74, 6) is 0.327. The summed E-state index contributed by atoms with van der Waals surface area (Å²) in [5.41, 5.74) is -0.319. The molecule has 19 heavy (non-hydrogen) atoms. The lowest BCUT2D eigenvalue weighted by Crippen LogP contribution is -2.13. The Kier molecular flexibility index (Phi) is 3.50. The summed E-state index contributed by atoms with van der Waals surface area (Å²) >= 11 is 0. The summed E-state index contributed by atoms with van der Waals surface area (Å²) in [4.78, 5) is 0. The van der Waals surface area contributed by atoms with Gasteiger partial charge in [0.2, 0.25) is 0 Å². The van der Waals surface area contributed by atoms with Gasteiger partial charge >= 0.3 is 6.18 Å². The maximum Gasteiger partial charge on any atom is 0.435 e. The molecule has 0 bridgehead atoms. The van der Waals surface area contributed by atoms with Crippen LogP contribution < -0.4 is 5.32 Å². The predicted octanol–water partition coefficient (Wildman–Crippen LogP) is 3.71. The minimum atomic E-state index is -4.45. The fourth-order valence-corrected chi connectivity index (χ4v) is 1.68. The second kappa shape index (κ2) is 4.95. The van der Waals surface area contributed by atoms with Gasteiger partial charge in [-0.1, -0.05) is 18.2 Å². The van der Waals surface area contributed by atoms with Crippen molar-refractivity contribution in [2.24, 2.45) is 0 Å².